The summed E-state index contributed by atoms with van der Waals surface area (Å²) in [5.74, 6) is 0.512. The molecule has 3 unspecified atom stereocenters. The highest BCUT2D eigenvalue weighted by Crippen LogP contribution is 2.26. The molecule has 2 fully saturated rings. The lowest BCUT2D eigenvalue weighted by Gasteiger charge is -2.34. The molecule has 2 heterocycles. The van der Waals surface area contributed by atoms with E-state index in [4.69, 9.17) is 4.74 Å². The van der Waals surface area contributed by atoms with Crippen LogP contribution >= 0.6 is 0 Å². The van der Waals surface area contributed by atoms with Gasteiger partial charge in [0.1, 0.15) is 0 Å². The fourth-order valence-electron chi connectivity index (χ4n) is 3.84. The molecule has 0 saturated carbocycles. The van der Waals surface area contributed by atoms with Crippen LogP contribution in [0, 0.1) is 11.8 Å². The molecular formula is C19H28N2O4S. The molecule has 144 valence electrons. The Labute approximate surface area is 156 Å². The van der Waals surface area contributed by atoms with Gasteiger partial charge in [0.25, 0.3) is 5.91 Å². The first-order valence-electron chi connectivity index (χ1n) is 9.36. The third-order valence-corrected chi connectivity index (χ3v) is 6.95. The zero-order valence-electron chi connectivity index (χ0n) is 15.5. The van der Waals surface area contributed by atoms with Crippen molar-refractivity contribution in [3.05, 3.63) is 29.8 Å². The van der Waals surface area contributed by atoms with Crippen molar-refractivity contribution in [2.45, 2.75) is 44.1 Å². The van der Waals surface area contributed by atoms with Crippen molar-refractivity contribution < 1.29 is 17.9 Å². The highest BCUT2D eigenvalue weighted by molar-refractivity contribution is 7.89. The first-order chi connectivity index (χ1) is 12.4. The minimum atomic E-state index is -3.51. The van der Waals surface area contributed by atoms with E-state index in [9.17, 15) is 13.2 Å². The Morgan fingerprint density at radius 3 is 2.42 bits per heavy atom. The van der Waals surface area contributed by atoms with Crippen molar-refractivity contribution in [3.63, 3.8) is 0 Å². The maximum absolute atomic E-state index is 12.9. The van der Waals surface area contributed by atoms with Crippen LogP contribution in [0.2, 0.25) is 0 Å². The second-order valence-electron chi connectivity index (χ2n) is 7.64. The third-order valence-electron chi connectivity index (χ3n) is 5.10. The molecule has 1 aromatic carbocycles. The number of nitrogens with zero attached hydrogens (tertiary/aromatic N) is 1. The second-order valence-corrected chi connectivity index (χ2v) is 9.58. The van der Waals surface area contributed by atoms with Gasteiger partial charge in [-0.1, -0.05) is 13.8 Å². The molecule has 7 heteroatoms. The standard InChI is InChI=1S/C19H28N2O4S/c1-14-10-15(2)13-21(12-14)26(23,24)18-7-5-16(6-8-18)19(22)20-11-17-4-3-9-25-17/h5-8,14-15,17H,3-4,9-13H2,1-2H3,(H,20,22). The Morgan fingerprint density at radius 1 is 1.19 bits per heavy atom. The molecule has 3 rings (SSSR count). The third kappa shape index (κ3) is 4.45. The molecule has 0 radical (unpaired) electrons. The predicted molar refractivity (Wildman–Crippen MR) is 99.5 cm³/mol. The van der Waals surface area contributed by atoms with Gasteiger partial charge in [-0.2, -0.15) is 4.31 Å². The van der Waals surface area contributed by atoms with Crippen LogP contribution in [0.4, 0.5) is 0 Å². The van der Waals surface area contributed by atoms with Gasteiger partial charge in [0.05, 0.1) is 11.0 Å². The molecule has 6 nitrogen and oxygen atoms in total. The Kier molecular flexibility index (Phi) is 5.99. The normalized spacial score (nSPS) is 27.4. The van der Waals surface area contributed by atoms with Gasteiger partial charge in [-0.05, 0) is 55.4 Å². The highest BCUT2D eigenvalue weighted by Gasteiger charge is 2.31. The summed E-state index contributed by atoms with van der Waals surface area (Å²) >= 11 is 0. The molecule has 2 aliphatic rings. The molecule has 2 saturated heterocycles. The van der Waals surface area contributed by atoms with E-state index in [-0.39, 0.29) is 16.9 Å². The topological polar surface area (TPSA) is 75.7 Å². The lowest BCUT2D eigenvalue weighted by atomic mass is 9.94. The monoisotopic (exact) mass is 380 g/mol. The average molecular weight is 381 g/mol. The van der Waals surface area contributed by atoms with Crippen LogP contribution in [0.5, 0.6) is 0 Å². The van der Waals surface area contributed by atoms with Crippen LogP contribution in [0.25, 0.3) is 0 Å². The van der Waals surface area contributed by atoms with Gasteiger partial charge in [0.2, 0.25) is 10.0 Å². The van der Waals surface area contributed by atoms with Gasteiger partial charge in [0, 0.05) is 31.8 Å². The molecule has 3 atom stereocenters. The maximum atomic E-state index is 12.9. The van der Waals surface area contributed by atoms with Crippen LogP contribution in [0.3, 0.4) is 0 Å². The Balaban J connectivity index is 1.65. The zero-order chi connectivity index (χ0) is 18.7. The van der Waals surface area contributed by atoms with Gasteiger partial charge in [-0.25, -0.2) is 8.42 Å². The molecule has 0 spiro atoms. The number of hydrogen-bond acceptors (Lipinski definition) is 4. The number of ether oxygens (including phenoxy) is 1. The van der Waals surface area contributed by atoms with Crippen LogP contribution in [0.15, 0.2) is 29.2 Å². The number of carbonyl (C=O) groups is 1. The summed E-state index contributed by atoms with van der Waals surface area (Å²) in [6.07, 6.45) is 3.13. The average Bonchev–Trinajstić information content (AvgIpc) is 3.12. The Hall–Kier alpha value is -1.44. The fourth-order valence-corrected chi connectivity index (χ4v) is 5.52. The number of nitrogens with one attached hydrogen (secondary N) is 1. The minimum Gasteiger partial charge on any atom is -0.376 e. The molecule has 1 N–H and O–H groups in total. The van der Waals surface area contributed by atoms with Crippen LogP contribution in [-0.2, 0) is 14.8 Å². The maximum Gasteiger partial charge on any atom is 0.251 e. The molecular weight excluding hydrogens is 352 g/mol. The largest absolute Gasteiger partial charge is 0.376 e. The summed E-state index contributed by atoms with van der Waals surface area (Å²) in [6, 6.07) is 6.21. The van der Waals surface area contributed by atoms with E-state index >= 15 is 0 Å². The summed E-state index contributed by atoms with van der Waals surface area (Å²) in [5.41, 5.74) is 0.460. The number of benzene rings is 1. The van der Waals surface area contributed by atoms with Gasteiger partial charge in [-0.3, -0.25) is 4.79 Å². The first kappa shape index (κ1) is 19.3. The quantitative estimate of drug-likeness (QED) is 0.850. The van der Waals surface area contributed by atoms with Crippen LogP contribution < -0.4 is 5.32 Å². The molecule has 26 heavy (non-hydrogen) atoms. The van der Waals surface area contributed by atoms with E-state index in [1.165, 1.54) is 12.1 Å². The Bertz CT molecular complexity index is 716. The SMILES string of the molecule is CC1CC(C)CN(S(=O)(=O)c2ccc(C(=O)NCC3CCCO3)cc2)C1. The van der Waals surface area contributed by atoms with Gasteiger partial charge in [0.15, 0.2) is 0 Å². The number of amides is 1. The number of sulfonamides is 1. The summed E-state index contributed by atoms with van der Waals surface area (Å²) in [7, 11) is -3.51. The summed E-state index contributed by atoms with van der Waals surface area (Å²) in [6.45, 7) is 6.51. The van der Waals surface area contributed by atoms with E-state index in [1.807, 2.05) is 0 Å². The van der Waals surface area contributed by atoms with Gasteiger partial charge >= 0.3 is 0 Å². The predicted octanol–water partition coefficient (Wildman–Crippen LogP) is 2.26. The molecule has 0 aromatic heterocycles. The lowest BCUT2D eigenvalue weighted by molar-refractivity contribution is 0.0857. The fraction of sp³-hybridized carbons (Fsp3) is 0.632. The number of piperidine rings is 1. The molecule has 0 aliphatic carbocycles. The van der Waals surface area contributed by atoms with E-state index in [2.05, 4.69) is 19.2 Å². The summed E-state index contributed by atoms with van der Waals surface area (Å²) < 4.78 is 32.8. The smallest absolute Gasteiger partial charge is 0.251 e. The highest BCUT2D eigenvalue weighted by atomic mass is 32.2. The lowest BCUT2D eigenvalue weighted by Crippen LogP contribution is -2.42. The zero-order valence-corrected chi connectivity index (χ0v) is 16.3. The second kappa shape index (κ2) is 8.06. The van der Waals surface area contributed by atoms with Gasteiger partial charge in [-0.15, -0.1) is 0 Å². The molecule has 2 aliphatic heterocycles. The van der Waals surface area contributed by atoms with E-state index in [0.717, 1.165) is 25.9 Å². The first-order valence-corrected chi connectivity index (χ1v) is 10.8. The van der Waals surface area contributed by atoms with Crippen molar-refractivity contribution >= 4 is 15.9 Å². The molecule has 1 amide bonds. The van der Waals surface area contributed by atoms with E-state index in [1.54, 1.807) is 16.4 Å². The minimum absolute atomic E-state index is 0.0849. The van der Waals surface area contributed by atoms with Crippen LogP contribution in [-0.4, -0.2) is 51.0 Å². The summed E-state index contributed by atoms with van der Waals surface area (Å²) in [5, 5.41) is 2.85. The molecule has 0 bridgehead atoms. The van der Waals surface area contributed by atoms with E-state index < -0.39 is 10.0 Å². The molecule has 1 aromatic rings. The van der Waals surface area contributed by atoms with Gasteiger partial charge < -0.3 is 10.1 Å². The van der Waals surface area contributed by atoms with Crippen molar-refractivity contribution in [1.82, 2.24) is 9.62 Å². The Morgan fingerprint density at radius 2 is 1.85 bits per heavy atom. The van der Waals surface area contributed by atoms with Crippen molar-refractivity contribution in [1.29, 1.82) is 0 Å². The van der Waals surface area contributed by atoms with Crippen LogP contribution in [0.1, 0.15) is 43.5 Å². The number of hydrogen-bond donors (Lipinski definition) is 1. The summed E-state index contributed by atoms with van der Waals surface area (Å²) in [4.78, 5) is 12.5. The van der Waals surface area contributed by atoms with Crippen molar-refractivity contribution in [2.24, 2.45) is 11.8 Å². The van der Waals surface area contributed by atoms with Crippen molar-refractivity contribution in [2.75, 3.05) is 26.2 Å². The van der Waals surface area contributed by atoms with E-state index in [0.29, 0.717) is 37.0 Å². The number of carbonyl (C=O) groups excluding carboxylic acids is 1. The van der Waals surface area contributed by atoms with Crippen molar-refractivity contribution in [3.8, 4) is 0 Å². The number of rotatable bonds is 5.